The van der Waals surface area contributed by atoms with E-state index in [9.17, 15) is 9.59 Å². The van der Waals surface area contributed by atoms with Gasteiger partial charge in [0.15, 0.2) is 0 Å². The molecule has 0 fully saturated rings. The van der Waals surface area contributed by atoms with Crippen LogP contribution >= 0.6 is 0 Å². The third-order valence-electron chi connectivity index (χ3n) is 4.59. The molecule has 0 spiro atoms. The van der Waals surface area contributed by atoms with Gasteiger partial charge in [-0.2, -0.15) is 0 Å². The fourth-order valence-corrected chi connectivity index (χ4v) is 3.03. The van der Waals surface area contributed by atoms with Gasteiger partial charge in [-0.15, -0.1) is 0 Å². The fourth-order valence-electron chi connectivity index (χ4n) is 3.03. The van der Waals surface area contributed by atoms with E-state index >= 15 is 0 Å². The Bertz CT molecular complexity index is 781. The summed E-state index contributed by atoms with van der Waals surface area (Å²) in [6, 6.07) is 9.38. The molecule has 7 heteroatoms. The van der Waals surface area contributed by atoms with Crippen LogP contribution < -0.4 is 5.32 Å². The number of carbonyl (C=O) groups is 2. The van der Waals surface area contributed by atoms with Gasteiger partial charge in [0.1, 0.15) is 12.4 Å². The SMILES string of the molecule is CN1CCCNc2cccc(n2)CCCN(C(=O)c2cccnc2)CC1=O. The molecule has 7 nitrogen and oxygen atoms in total. The number of aromatic nitrogens is 2. The van der Waals surface area contributed by atoms with E-state index < -0.39 is 0 Å². The van der Waals surface area contributed by atoms with Gasteiger partial charge in [0, 0.05) is 44.8 Å². The Labute approximate surface area is 159 Å². The summed E-state index contributed by atoms with van der Waals surface area (Å²) in [7, 11) is 1.78. The first-order valence-corrected chi connectivity index (χ1v) is 9.26. The Balaban J connectivity index is 1.78. The lowest BCUT2D eigenvalue weighted by molar-refractivity contribution is -0.130. The van der Waals surface area contributed by atoms with Gasteiger partial charge in [-0.05, 0) is 43.5 Å². The molecular formula is C20H25N5O2. The molecule has 2 amide bonds. The first-order chi connectivity index (χ1) is 13.1. The lowest BCUT2D eigenvalue weighted by Gasteiger charge is -2.26. The highest BCUT2D eigenvalue weighted by Gasteiger charge is 2.21. The van der Waals surface area contributed by atoms with Gasteiger partial charge in [0.25, 0.3) is 5.91 Å². The highest BCUT2D eigenvalue weighted by Crippen LogP contribution is 2.10. The van der Waals surface area contributed by atoms with Gasteiger partial charge in [-0.25, -0.2) is 4.98 Å². The maximum atomic E-state index is 12.9. The second-order valence-electron chi connectivity index (χ2n) is 6.68. The molecule has 3 rings (SSSR count). The molecule has 0 radical (unpaired) electrons. The number of aryl methyl sites for hydroxylation is 1. The lowest BCUT2D eigenvalue weighted by atomic mass is 10.2. The number of hydrogen-bond acceptors (Lipinski definition) is 5. The standard InChI is InChI=1S/C20H25N5O2/c1-24-12-5-11-22-18-9-2-7-17(23-18)8-4-13-25(15-19(24)26)20(27)16-6-3-10-21-14-16/h2-3,6-7,9-10,14H,4-5,8,11-13,15H2,1H3,(H,22,23). The van der Waals surface area contributed by atoms with Crippen molar-refractivity contribution >= 4 is 17.6 Å². The van der Waals surface area contributed by atoms with Crippen molar-refractivity contribution in [3.8, 4) is 0 Å². The van der Waals surface area contributed by atoms with Crippen molar-refractivity contribution in [3.63, 3.8) is 0 Å². The van der Waals surface area contributed by atoms with Gasteiger partial charge >= 0.3 is 0 Å². The predicted molar refractivity (Wildman–Crippen MR) is 103 cm³/mol. The minimum Gasteiger partial charge on any atom is -0.370 e. The van der Waals surface area contributed by atoms with Crippen LogP contribution in [-0.2, 0) is 11.2 Å². The summed E-state index contributed by atoms with van der Waals surface area (Å²) in [4.78, 5) is 37.4. The molecular weight excluding hydrogens is 342 g/mol. The van der Waals surface area contributed by atoms with E-state index in [-0.39, 0.29) is 18.4 Å². The maximum Gasteiger partial charge on any atom is 0.255 e. The number of fused-ring (bicyclic) bond motifs is 2. The zero-order valence-electron chi connectivity index (χ0n) is 15.6. The van der Waals surface area contributed by atoms with E-state index in [0.717, 1.165) is 37.3 Å². The molecule has 27 heavy (non-hydrogen) atoms. The third-order valence-corrected chi connectivity index (χ3v) is 4.59. The summed E-state index contributed by atoms with van der Waals surface area (Å²) < 4.78 is 0. The second-order valence-corrected chi connectivity index (χ2v) is 6.68. The summed E-state index contributed by atoms with van der Waals surface area (Å²) in [5, 5.41) is 3.30. The first kappa shape index (κ1) is 18.8. The van der Waals surface area contributed by atoms with Gasteiger partial charge < -0.3 is 15.1 Å². The average molecular weight is 367 g/mol. The summed E-state index contributed by atoms with van der Waals surface area (Å²) in [6.45, 7) is 1.94. The summed E-state index contributed by atoms with van der Waals surface area (Å²) >= 11 is 0. The lowest BCUT2D eigenvalue weighted by Crippen LogP contribution is -2.42. The van der Waals surface area contributed by atoms with Crippen molar-refractivity contribution in [2.24, 2.45) is 0 Å². The van der Waals surface area contributed by atoms with E-state index in [4.69, 9.17) is 0 Å². The number of nitrogens with zero attached hydrogens (tertiary/aromatic N) is 4. The molecule has 0 saturated carbocycles. The van der Waals surface area contributed by atoms with Gasteiger partial charge in [-0.1, -0.05) is 6.07 Å². The van der Waals surface area contributed by atoms with E-state index in [2.05, 4.69) is 15.3 Å². The monoisotopic (exact) mass is 367 g/mol. The molecule has 2 aromatic rings. The minimum absolute atomic E-state index is 0.0547. The van der Waals surface area contributed by atoms with Crippen LogP contribution in [0, 0.1) is 0 Å². The van der Waals surface area contributed by atoms with Crippen molar-refractivity contribution in [2.45, 2.75) is 19.3 Å². The van der Waals surface area contributed by atoms with Crippen LogP contribution in [0.5, 0.6) is 0 Å². The molecule has 1 N–H and O–H groups in total. The fraction of sp³-hybridized carbons (Fsp3) is 0.400. The molecule has 0 aromatic carbocycles. The van der Waals surface area contributed by atoms with Crippen LogP contribution in [-0.4, -0.2) is 64.8 Å². The molecule has 0 saturated heterocycles. The van der Waals surface area contributed by atoms with E-state index in [1.807, 2.05) is 18.2 Å². The number of anilines is 1. The van der Waals surface area contributed by atoms with Crippen molar-refractivity contribution in [1.82, 2.24) is 19.8 Å². The molecule has 1 aliphatic rings. The van der Waals surface area contributed by atoms with Crippen LogP contribution in [0.15, 0.2) is 42.7 Å². The van der Waals surface area contributed by atoms with Crippen LogP contribution in [0.25, 0.3) is 0 Å². The number of hydrogen-bond donors (Lipinski definition) is 1. The van der Waals surface area contributed by atoms with Crippen molar-refractivity contribution in [1.29, 1.82) is 0 Å². The Morgan fingerprint density at radius 1 is 1.15 bits per heavy atom. The summed E-state index contributed by atoms with van der Waals surface area (Å²) in [5.74, 6) is 0.628. The van der Waals surface area contributed by atoms with Crippen LogP contribution in [0.3, 0.4) is 0 Å². The molecule has 2 aromatic heterocycles. The highest BCUT2D eigenvalue weighted by molar-refractivity contribution is 5.96. The largest absolute Gasteiger partial charge is 0.370 e. The number of amides is 2. The number of likely N-dealkylation sites (N-methyl/N-ethyl adjacent to an activating group) is 1. The molecule has 0 aliphatic carbocycles. The van der Waals surface area contributed by atoms with Gasteiger partial charge in [0.2, 0.25) is 5.91 Å². The van der Waals surface area contributed by atoms with Crippen LogP contribution in [0.1, 0.15) is 28.9 Å². The van der Waals surface area contributed by atoms with Gasteiger partial charge in [0.05, 0.1) is 5.56 Å². The van der Waals surface area contributed by atoms with Crippen molar-refractivity contribution in [2.75, 3.05) is 38.5 Å². The van der Waals surface area contributed by atoms with Crippen LogP contribution in [0.4, 0.5) is 5.82 Å². The molecule has 3 heterocycles. The van der Waals surface area contributed by atoms with Gasteiger partial charge in [-0.3, -0.25) is 14.6 Å². The molecule has 142 valence electrons. The zero-order valence-corrected chi connectivity index (χ0v) is 15.6. The van der Waals surface area contributed by atoms with E-state index in [1.54, 1.807) is 41.4 Å². The Kier molecular flexibility index (Phi) is 6.35. The molecule has 0 atom stereocenters. The quantitative estimate of drug-likeness (QED) is 0.832. The number of carbonyl (C=O) groups excluding carboxylic acids is 2. The summed E-state index contributed by atoms with van der Waals surface area (Å²) in [5.41, 5.74) is 1.48. The Morgan fingerprint density at radius 2 is 2.04 bits per heavy atom. The highest BCUT2D eigenvalue weighted by atomic mass is 16.2. The molecule has 0 unspecified atom stereocenters. The summed E-state index contributed by atoms with van der Waals surface area (Å²) in [6.07, 6.45) is 5.46. The minimum atomic E-state index is -0.166. The number of nitrogens with one attached hydrogen (secondary N) is 1. The average Bonchev–Trinajstić information content (AvgIpc) is 2.70. The zero-order chi connectivity index (χ0) is 19.1. The third kappa shape index (κ3) is 5.26. The second kappa shape index (κ2) is 9.12. The van der Waals surface area contributed by atoms with Crippen molar-refractivity contribution < 1.29 is 9.59 Å². The predicted octanol–water partition coefficient (Wildman–Crippen LogP) is 1.83. The van der Waals surface area contributed by atoms with Crippen LogP contribution in [0.2, 0.25) is 0 Å². The molecule has 1 aliphatic heterocycles. The maximum absolute atomic E-state index is 12.9. The first-order valence-electron chi connectivity index (χ1n) is 9.26. The number of rotatable bonds is 1. The topological polar surface area (TPSA) is 78.4 Å². The number of pyridine rings is 2. The van der Waals surface area contributed by atoms with E-state index in [1.165, 1.54) is 0 Å². The Hall–Kier alpha value is -2.96. The Morgan fingerprint density at radius 3 is 2.85 bits per heavy atom. The van der Waals surface area contributed by atoms with Crippen molar-refractivity contribution in [3.05, 3.63) is 54.0 Å². The molecule has 2 bridgehead atoms. The normalized spacial score (nSPS) is 16.4. The van der Waals surface area contributed by atoms with E-state index in [0.29, 0.717) is 18.7 Å². The smallest absolute Gasteiger partial charge is 0.255 e.